The van der Waals surface area contributed by atoms with Crippen LogP contribution in [-0.4, -0.2) is 31.5 Å². The topological polar surface area (TPSA) is 38.3 Å². The first-order valence-electron chi connectivity index (χ1n) is 5.13. The Kier molecular flexibility index (Phi) is 4.69. The summed E-state index contributed by atoms with van der Waals surface area (Å²) in [6.07, 6.45) is 3.38. The molecular formula is C10H18ClNO2. The van der Waals surface area contributed by atoms with Crippen LogP contribution in [0.15, 0.2) is 0 Å². The van der Waals surface area contributed by atoms with Gasteiger partial charge in [-0.05, 0) is 31.6 Å². The summed E-state index contributed by atoms with van der Waals surface area (Å²) in [5.41, 5.74) is 0.309. The number of carbonyl (C=O) groups excluding carboxylic acids is 1. The van der Waals surface area contributed by atoms with E-state index in [2.05, 4.69) is 5.32 Å². The molecule has 14 heavy (non-hydrogen) atoms. The number of alkyl halides is 1. The number of carbonyl (C=O) groups is 1. The van der Waals surface area contributed by atoms with Gasteiger partial charge in [0.15, 0.2) is 0 Å². The second-order valence-electron chi connectivity index (χ2n) is 3.85. The molecule has 0 spiro atoms. The average molecular weight is 220 g/mol. The molecule has 82 valence electrons. The van der Waals surface area contributed by atoms with Gasteiger partial charge in [-0.1, -0.05) is 0 Å². The van der Waals surface area contributed by atoms with E-state index in [9.17, 15) is 4.79 Å². The van der Waals surface area contributed by atoms with Crippen LogP contribution in [0.1, 0.15) is 26.2 Å². The van der Waals surface area contributed by atoms with Gasteiger partial charge in [0, 0.05) is 19.0 Å². The highest BCUT2D eigenvalue weighted by atomic mass is 35.5. The van der Waals surface area contributed by atoms with Crippen molar-refractivity contribution in [3.63, 3.8) is 0 Å². The molecule has 1 saturated carbocycles. The number of amides is 1. The predicted molar refractivity (Wildman–Crippen MR) is 56.5 cm³/mol. The van der Waals surface area contributed by atoms with Crippen molar-refractivity contribution >= 4 is 17.5 Å². The van der Waals surface area contributed by atoms with Gasteiger partial charge in [-0.2, -0.15) is 0 Å². The third-order valence-corrected chi connectivity index (χ3v) is 2.87. The highest BCUT2D eigenvalue weighted by Gasteiger charge is 2.41. The van der Waals surface area contributed by atoms with Gasteiger partial charge in [-0.3, -0.25) is 4.79 Å². The van der Waals surface area contributed by atoms with E-state index in [0.717, 1.165) is 13.0 Å². The summed E-state index contributed by atoms with van der Waals surface area (Å²) in [5, 5.41) is 2.88. The second-order valence-corrected chi connectivity index (χ2v) is 4.23. The first kappa shape index (κ1) is 11.8. The maximum atomic E-state index is 11.2. The lowest BCUT2D eigenvalue weighted by atomic mass is 10.0. The average Bonchev–Trinajstić information content (AvgIpc) is 2.93. The Labute approximate surface area is 90.1 Å². The third-order valence-electron chi connectivity index (χ3n) is 2.68. The largest absolute Gasteiger partial charge is 0.372 e. The first-order chi connectivity index (χ1) is 6.72. The van der Waals surface area contributed by atoms with Crippen molar-refractivity contribution in [2.24, 2.45) is 5.41 Å². The molecule has 0 aromatic rings. The van der Waals surface area contributed by atoms with Crippen molar-refractivity contribution in [2.75, 3.05) is 25.6 Å². The van der Waals surface area contributed by atoms with Crippen LogP contribution in [0.2, 0.25) is 0 Å². The molecule has 1 amide bonds. The number of hydrogen-bond donors (Lipinski definition) is 1. The minimum Gasteiger partial charge on any atom is -0.372 e. The minimum atomic E-state index is -0.0207. The van der Waals surface area contributed by atoms with Gasteiger partial charge >= 0.3 is 0 Å². The van der Waals surface area contributed by atoms with Gasteiger partial charge < -0.3 is 10.1 Å². The van der Waals surface area contributed by atoms with Crippen molar-refractivity contribution < 1.29 is 9.53 Å². The fraction of sp³-hybridized carbons (Fsp3) is 0.900. The molecule has 0 radical (unpaired) electrons. The van der Waals surface area contributed by atoms with Crippen molar-refractivity contribution in [3.8, 4) is 0 Å². The van der Waals surface area contributed by atoms with Crippen molar-refractivity contribution in [3.05, 3.63) is 0 Å². The van der Waals surface area contributed by atoms with E-state index >= 15 is 0 Å². The number of hydrogen-bond acceptors (Lipinski definition) is 2. The predicted octanol–water partition coefficient (Wildman–Crippen LogP) is 1.55. The zero-order valence-corrected chi connectivity index (χ0v) is 9.40. The molecule has 0 aromatic carbocycles. The van der Waals surface area contributed by atoms with Crippen LogP contribution in [0.3, 0.4) is 0 Å². The lowest BCUT2D eigenvalue weighted by Crippen LogP contribution is -2.33. The normalized spacial score (nSPS) is 17.9. The molecule has 3 nitrogen and oxygen atoms in total. The van der Waals surface area contributed by atoms with Crippen LogP contribution in [-0.2, 0) is 9.53 Å². The van der Waals surface area contributed by atoms with Crippen molar-refractivity contribution in [1.82, 2.24) is 5.32 Å². The van der Waals surface area contributed by atoms with Gasteiger partial charge in [0.05, 0.1) is 0 Å². The standard InChI is InChI=1S/C10H18ClNO2/c1-2-14-7-9(13)12-8-10(3-4-10)5-6-11/h2-8H2,1H3,(H,12,13). The minimum absolute atomic E-state index is 0.0207. The lowest BCUT2D eigenvalue weighted by molar-refractivity contribution is -0.125. The van der Waals surface area contributed by atoms with Crippen LogP contribution in [0.5, 0.6) is 0 Å². The van der Waals surface area contributed by atoms with Crippen molar-refractivity contribution in [2.45, 2.75) is 26.2 Å². The van der Waals surface area contributed by atoms with Crippen LogP contribution in [0.4, 0.5) is 0 Å². The molecule has 0 saturated heterocycles. The van der Waals surface area contributed by atoms with Gasteiger partial charge in [0.25, 0.3) is 0 Å². The molecule has 0 aliphatic heterocycles. The zero-order valence-electron chi connectivity index (χ0n) is 8.64. The Balaban J connectivity index is 2.10. The number of nitrogens with one attached hydrogen (secondary N) is 1. The van der Waals surface area contributed by atoms with E-state index in [1.54, 1.807) is 0 Å². The van der Waals surface area contributed by atoms with E-state index in [-0.39, 0.29) is 12.5 Å². The Hall–Kier alpha value is -0.280. The summed E-state index contributed by atoms with van der Waals surface area (Å²) < 4.78 is 5.00. The van der Waals surface area contributed by atoms with Gasteiger partial charge in [0.2, 0.25) is 5.91 Å². The van der Waals surface area contributed by atoms with Gasteiger partial charge in [-0.15, -0.1) is 11.6 Å². The summed E-state index contributed by atoms with van der Waals surface area (Å²) in [7, 11) is 0. The van der Waals surface area contributed by atoms with Crippen LogP contribution in [0, 0.1) is 5.41 Å². The molecule has 4 heteroatoms. The lowest BCUT2D eigenvalue weighted by Gasteiger charge is -2.14. The highest BCUT2D eigenvalue weighted by Crippen LogP contribution is 2.48. The van der Waals surface area contributed by atoms with E-state index < -0.39 is 0 Å². The fourth-order valence-corrected chi connectivity index (χ4v) is 1.83. The maximum Gasteiger partial charge on any atom is 0.246 e. The molecule has 1 fully saturated rings. The molecule has 0 aromatic heterocycles. The van der Waals surface area contributed by atoms with Crippen LogP contribution in [0.25, 0.3) is 0 Å². The summed E-state index contributed by atoms with van der Waals surface area (Å²) in [5.74, 6) is 0.661. The van der Waals surface area contributed by atoms with E-state index in [1.165, 1.54) is 12.8 Å². The Bertz CT molecular complexity index is 193. The van der Waals surface area contributed by atoms with Crippen LogP contribution < -0.4 is 5.32 Å². The molecule has 1 rings (SSSR count). The SMILES string of the molecule is CCOCC(=O)NCC1(CCCl)CC1. The van der Waals surface area contributed by atoms with Gasteiger partial charge in [-0.25, -0.2) is 0 Å². The quantitative estimate of drug-likeness (QED) is 0.660. The number of rotatable bonds is 7. The zero-order chi connectivity index (χ0) is 10.4. The number of ether oxygens (including phenoxy) is 1. The van der Waals surface area contributed by atoms with E-state index in [0.29, 0.717) is 17.9 Å². The smallest absolute Gasteiger partial charge is 0.246 e. The summed E-state index contributed by atoms with van der Waals surface area (Å²) in [6, 6.07) is 0. The monoisotopic (exact) mass is 219 g/mol. The van der Waals surface area contributed by atoms with Crippen LogP contribution >= 0.6 is 11.6 Å². The highest BCUT2D eigenvalue weighted by molar-refractivity contribution is 6.17. The maximum absolute atomic E-state index is 11.2. The Morgan fingerprint density at radius 3 is 2.79 bits per heavy atom. The third kappa shape index (κ3) is 3.84. The Morgan fingerprint density at radius 1 is 1.57 bits per heavy atom. The molecule has 0 atom stereocenters. The molecule has 1 aliphatic rings. The molecule has 0 bridgehead atoms. The summed E-state index contributed by atoms with van der Waals surface area (Å²) in [4.78, 5) is 11.2. The molecular weight excluding hydrogens is 202 g/mol. The molecule has 0 heterocycles. The fourth-order valence-electron chi connectivity index (χ4n) is 1.42. The molecule has 1 N–H and O–H groups in total. The van der Waals surface area contributed by atoms with E-state index in [1.807, 2.05) is 6.92 Å². The first-order valence-corrected chi connectivity index (χ1v) is 5.66. The summed E-state index contributed by atoms with van der Waals surface area (Å²) >= 11 is 5.69. The second kappa shape index (κ2) is 5.56. The summed E-state index contributed by atoms with van der Waals surface area (Å²) in [6.45, 7) is 3.39. The van der Waals surface area contributed by atoms with Crippen molar-refractivity contribution in [1.29, 1.82) is 0 Å². The van der Waals surface area contributed by atoms with E-state index in [4.69, 9.17) is 16.3 Å². The molecule has 0 unspecified atom stereocenters. The van der Waals surface area contributed by atoms with Gasteiger partial charge in [0.1, 0.15) is 6.61 Å². The molecule has 1 aliphatic carbocycles. The number of halogens is 1. The Morgan fingerprint density at radius 2 is 2.29 bits per heavy atom.